The zero-order valence-corrected chi connectivity index (χ0v) is 61.3. The summed E-state index contributed by atoms with van der Waals surface area (Å²) in [7, 11) is 0. The van der Waals surface area contributed by atoms with Crippen molar-refractivity contribution < 1.29 is 29.3 Å². The molecule has 11 unspecified atom stereocenters. The third-order valence-electron chi connectivity index (χ3n) is 23.9. The minimum Gasteiger partial charge on any atom is -0.446 e. The second kappa shape index (κ2) is 49.3. The number of hydrogen-bond donors (Lipinski definition) is 7. The highest BCUT2D eigenvalue weighted by Gasteiger charge is 2.59. The van der Waals surface area contributed by atoms with Crippen molar-refractivity contribution in [1.29, 1.82) is 0 Å². The maximum atomic E-state index is 13.8. The van der Waals surface area contributed by atoms with Crippen LogP contribution in [-0.4, -0.2) is 122 Å². The number of alkyl carbamates (subject to hydrolysis) is 1. The fourth-order valence-electron chi connectivity index (χ4n) is 18.2. The van der Waals surface area contributed by atoms with Gasteiger partial charge in [-0.25, -0.2) is 4.79 Å². The summed E-state index contributed by atoms with van der Waals surface area (Å²) in [6, 6.07) is 0. The van der Waals surface area contributed by atoms with E-state index in [0.29, 0.717) is 31.6 Å². The number of nitrogens with one attached hydrogen (secondary N) is 4. The third-order valence-corrected chi connectivity index (χ3v) is 23.9. The molecule has 10 heteroatoms. The molecule has 1 amide bonds. The van der Waals surface area contributed by atoms with E-state index in [1.807, 2.05) is 0 Å². The van der Waals surface area contributed by atoms with Gasteiger partial charge in [0.25, 0.3) is 0 Å². The Bertz CT molecular complexity index is 1730. The monoisotopic (exact) mass is 1270 g/mol. The lowest BCUT2D eigenvalue weighted by Gasteiger charge is -2.58. The third kappa shape index (κ3) is 32.6. The van der Waals surface area contributed by atoms with Gasteiger partial charge in [0, 0.05) is 77.9 Å². The van der Waals surface area contributed by atoms with Crippen molar-refractivity contribution in [2.45, 2.75) is 375 Å². The summed E-state index contributed by atoms with van der Waals surface area (Å²) in [4.78, 5) is 13.8. The van der Waals surface area contributed by atoms with Crippen LogP contribution in [0.25, 0.3) is 0 Å². The summed E-state index contributed by atoms with van der Waals surface area (Å²) in [6.45, 7) is 28.7. The molecule has 4 rings (SSSR count). The van der Waals surface area contributed by atoms with Gasteiger partial charge in [-0.3, -0.25) is 0 Å². The van der Waals surface area contributed by atoms with E-state index in [0.717, 1.165) is 169 Å². The Hall–Kier alpha value is -1.27. The van der Waals surface area contributed by atoms with E-state index >= 15 is 0 Å². The fourth-order valence-corrected chi connectivity index (χ4v) is 18.2. The van der Waals surface area contributed by atoms with E-state index in [9.17, 15) is 20.1 Å². The lowest BCUT2D eigenvalue weighted by atomic mass is 9.47. The molecule has 3 saturated carbocycles. The van der Waals surface area contributed by atoms with Crippen LogP contribution in [0.5, 0.6) is 0 Å². The van der Waals surface area contributed by atoms with Crippen molar-refractivity contribution in [2.24, 2.45) is 46.3 Å². The Morgan fingerprint density at radius 3 is 1.36 bits per heavy atom. The summed E-state index contributed by atoms with van der Waals surface area (Å²) in [5, 5.41) is 47.2. The molecule has 0 aliphatic heterocycles. The maximum Gasteiger partial charge on any atom is 0.407 e. The predicted molar refractivity (Wildman–Crippen MR) is 386 cm³/mol. The highest BCUT2D eigenvalue weighted by Crippen LogP contribution is 2.67. The van der Waals surface area contributed by atoms with Crippen molar-refractivity contribution in [3.8, 4) is 0 Å². The number of amides is 1. The molecule has 7 N–H and O–H groups in total. The number of carbonyl (C=O) groups excluding carboxylic acids is 1. The number of aliphatic hydroxyl groups excluding tert-OH is 3. The molecule has 4 aliphatic carbocycles. The summed E-state index contributed by atoms with van der Waals surface area (Å²) < 4.78 is 7.33. The van der Waals surface area contributed by atoms with Gasteiger partial charge in [-0.1, -0.05) is 266 Å². The summed E-state index contributed by atoms with van der Waals surface area (Å²) in [5.41, 5.74) is 2.30. The molecule has 0 heterocycles. The maximum absolute atomic E-state index is 13.8. The van der Waals surface area contributed by atoms with Gasteiger partial charge in [0.15, 0.2) is 0 Å². The number of fused-ring (bicyclic) bond motifs is 5. The average Bonchev–Trinajstić information content (AvgIpc) is 1.35. The Kier molecular flexibility index (Phi) is 44.4. The second-order valence-electron chi connectivity index (χ2n) is 31.9. The zero-order chi connectivity index (χ0) is 65.0. The number of allylic oxidation sites excluding steroid dienone is 1. The number of unbranched alkanes of at least 4 members (excludes halogenated alkanes) is 25. The van der Waals surface area contributed by atoms with E-state index in [1.54, 1.807) is 5.57 Å². The first kappa shape index (κ1) is 81.2. The molecule has 0 aromatic heterocycles. The lowest BCUT2D eigenvalue weighted by Crippen LogP contribution is -2.53. The zero-order valence-electron chi connectivity index (χ0n) is 61.3. The number of ether oxygens (including phenoxy) is 1. The van der Waals surface area contributed by atoms with Gasteiger partial charge in [-0.15, -0.1) is 0 Å². The van der Waals surface area contributed by atoms with Crippen LogP contribution in [0.3, 0.4) is 0 Å². The fraction of sp³-hybridized carbons (Fsp3) is 0.963. The summed E-state index contributed by atoms with van der Waals surface area (Å²) in [6.07, 6.45) is 58.4. The van der Waals surface area contributed by atoms with E-state index in [1.165, 1.54) is 212 Å². The number of nitrogens with zero attached hydrogens (tertiary/aromatic N) is 1. The van der Waals surface area contributed by atoms with Gasteiger partial charge < -0.3 is 45.8 Å². The minimum absolute atomic E-state index is 0.0552. The summed E-state index contributed by atoms with van der Waals surface area (Å²) in [5.74, 6) is 4.93. The molecule has 3 fully saturated rings. The van der Waals surface area contributed by atoms with Crippen LogP contribution in [0, 0.1) is 46.3 Å². The number of aliphatic hydroxyl groups is 3. The smallest absolute Gasteiger partial charge is 0.407 e. The number of rotatable bonds is 59. The van der Waals surface area contributed by atoms with Gasteiger partial charge in [0.2, 0.25) is 0 Å². The molecular weight excluding hydrogens is 1110 g/mol. The molecule has 90 heavy (non-hydrogen) atoms. The van der Waals surface area contributed by atoms with Crippen molar-refractivity contribution in [2.75, 3.05) is 72.0 Å². The van der Waals surface area contributed by atoms with Crippen LogP contribution in [0.2, 0.25) is 0 Å². The Morgan fingerprint density at radius 1 is 0.500 bits per heavy atom. The normalized spacial score (nSPS) is 24.4. The molecule has 4 aliphatic rings. The molecular formula is C80H156N5O5+. The Morgan fingerprint density at radius 2 is 0.922 bits per heavy atom. The van der Waals surface area contributed by atoms with E-state index in [2.05, 4.69) is 82.7 Å². The van der Waals surface area contributed by atoms with E-state index in [4.69, 9.17) is 4.74 Å². The van der Waals surface area contributed by atoms with Gasteiger partial charge in [0.1, 0.15) is 6.10 Å². The number of carbonyl (C=O) groups is 1. The quantitative estimate of drug-likeness (QED) is 0.0182. The van der Waals surface area contributed by atoms with Crippen LogP contribution >= 0.6 is 0 Å². The minimum atomic E-state index is -0.302. The standard InChI is InChI=1S/C80H155N5O5/c1-9-12-15-18-21-24-26-29-32-35-45-71(87)65-82-56-39-60-85(59-38-55-81-64-70(86)44-34-31-28-23-20-17-14-11-3,61-40-57-83-66-72(88)46-36-33-30-27-25-22-19-16-13-10-2)62-41-58-84-78(89)90-73-51-53-79(7)69(63-73)47-48-74-76-50-49-75(68(6)43-37-42-67(4)5)80(76,8)54-52-77(74)79/h47,67-68,70-77,81-83,86-88H,9-46,48-66H2,1-8H3/p+1. The molecule has 0 spiro atoms. The molecule has 11 atom stereocenters. The van der Waals surface area contributed by atoms with E-state index in [-0.39, 0.29) is 35.9 Å². The highest BCUT2D eigenvalue weighted by molar-refractivity contribution is 5.67. The Labute approximate surface area is 559 Å². The molecule has 0 aromatic carbocycles. The van der Waals surface area contributed by atoms with Crippen LogP contribution in [0.1, 0.15) is 351 Å². The average molecular weight is 1270 g/mol. The largest absolute Gasteiger partial charge is 0.446 e. The van der Waals surface area contributed by atoms with Crippen LogP contribution in [0.15, 0.2) is 11.6 Å². The SMILES string of the molecule is CCCCCCCCCCCCC(O)CNCCC[N+](CCCNCC(O)CCCCCCCCCC)(CCCNCC(O)CCCCCCCCCCCC)CCCNC(=O)OC1CCC2(C)C(=CCC3C2CCC2(C)C(C(C)CCCC(C)C)CCC32)C1. The highest BCUT2D eigenvalue weighted by atomic mass is 16.6. The van der Waals surface area contributed by atoms with Crippen molar-refractivity contribution in [3.05, 3.63) is 11.6 Å². The Balaban J connectivity index is 1.31. The molecule has 0 bridgehead atoms. The predicted octanol–water partition coefficient (Wildman–Crippen LogP) is 19.5. The molecule has 10 nitrogen and oxygen atoms in total. The summed E-state index contributed by atoms with van der Waals surface area (Å²) >= 11 is 0. The van der Waals surface area contributed by atoms with Gasteiger partial charge >= 0.3 is 6.09 Å². The number of hydrogen-bond acceptors (Lipinski definition) is 8. The topological polar surface area (TPSA) is 135 Å². The van der Waals surface area contributed by atoms with Crippen molar-refractivity contribution >= 4 is 6.09 Å². The molecule has 0 radical (unpaired) electrons. The first-order chi connectivity index (χ1) is 43.7. The van der Waals surface area contributed by atoms with Gasteiger partial charge in [-0.05, 0) is 111 Å². The van der Waals surface area contributed by atoms with Crippen LogP contribution in [-0.2, 0) is 4.74 Å². The first-order valence-corrected chi connectivity index (χ1v) is 40.4. The first-order valence-electron chi connectivity index (χ1n) is 40.4. The lowest BCUT2D eigenvalue weighted by molar-refractivity contribution is -0.928. The number of quaternary nitrogens is 1. The second-order valence-corrected chi connectivity index (χ2v) is 31.9. The molecule has 0 saturated heterocycles. The van der Waals surface area contributed by atoms with Gasteiger partial charge in [-0.2, -0.15) is 0 Å². The van der Waals surface area contributed by atoms with Crippen molar-refractivity contribution in [1.82, 2.24) is 21.3 Å². The van der Waals surface area contributed by atoms with Crippen LogP contribution < -0.4 is 21.3 Å². The van der Waals surface area contributed by atoms with Gasteiger partial charge in [0.05, 0.1) is 44.5 Å². The molecule has 0 aromatic rings. The molecule has 530 valence electrons. The van der Waals surface area contributed by atoms with Crippen molar-refractivity contribution in [3.63, 3.8) is 0 Å². The van der Waals surface area contributed by atoms with Crippen LogP contribution in [0.4, 0.5) is 4.79 Å². The van der Waals surface area contributed by atoms with E-state index < -0.39 is 0 Å².